The van der Waals surface area contributed by atoms with Gasteiger partial charge in [-0.15, -0.1) is 0 Å². The number of nitrogens with zero attached hydrogens (tertiary/aromatic N) is 2. The lowest BCUT2D eigenvalue weighted by atomic mass is 10.3. The average Bonchev–Trinajstić information content (AvgIpc) is 2.62. The Morgan fingerprint density at radius 3 is 2.59 bits per heavy atom. The summed E-state index contributed by atoms with van der Waals surface area (Å²) < 4.78 is 24.9. The molecule has 0 fully saturated rings. The largest absolute Gasteiger partial charge is 0.336 e. The molecule has 0 saturated carbocycles. The van der Waals surface area contributed by atoms with Crippen LogP contribution in [0.4, 0.5) is 0 Å². The Hall–Kier alpha value is -0.880. The second kappa shape index (κ2) is 5.18. The molecule has 1 N–H and O–H groups in total. The van der Waals surface area contributed by atoms with Gasteiger partial charge in [0.2, 0.25) is 0 Å². The highest BCUT2D eigenvalue weighted by Crippen LogP contribution is 2.16. The van der Waals surface area contributed by atoms with Crippen molar-refractivity contribution in [1.82, 2.24) is 14.9 Å². The first-order valence-electron chi connectivity index (χ1n) is 5.64. The highest BCUT2D eigenvalue weighted by molar-refractivity contribution is 7.92. The molecule has 5 nitrogen and oxygen atoms in total. The lowest BCUT2D eigenvalue weighted by molar-refractivity contribution is 0.553. The molecule has 0 aliphatic carbocycles. The zero-order chi connectivity index (χ0) is 13.1. The van der Waals surface area contributed by atoms with Gasteiger partial charge in [0.1, 0.15) is 0 Å². The van der Waals surface area contributed by atoms with Crippen LogP contribution in [0.15, 0.2) is 12.5 Å². The van der Waals surface area contributed by atoms with Crippen molar-refractivity contribution in [2.45, 2.75) is 38.6 Å². The van der Waals surface area contributed by atoms with Gasteiger partial charge in [0.25, 0.3) is 0 Å². The van der Waals surface area contributed by atoms with Crippen LogP contribution < -0.4 is 5.32 Å². The molecule has 0 bridgehead atoms. The third kappa shape index (κ3) is 3.81. The molecule has 0 saturated heterocycles. The summed E-state index contributed by atoms with van der Waals surface area (Å²) in [4.78, 5) is 4.17. The summed E-state index contributed by atoms with van der Waals surface area (Å²) in [6.07, 6.45) is 3.54. The van der Waals surface area contributed by atoms with Crippen molar-refractivity contribution in [3.63, 3.8) is 0 Å². The predicted octanol–water partition coefficient (Wildman–Crippen LogP) is 0.816. The summed E-state index contributed by atoms with van der Waals surface area (Å²) in [7, 11) is -1.21. The lowest BCUT2D eigenvalue weighted by Gasteiger charge is -2.19. The fourth-order valence-electron chi connectivity index (χ4n) is 1.33. The van der Waals surface area contributed by atoms with Crippen molar-refractivity contribution < 1.29 is 8.42 Å². The standard InChI is InChI=1S/C11H21N3O2S/c1-11(2,3)17(15,16)6-5-14-8-10(7-12-4)13-9-14/h8-9,12H,5-7H2,1-4H3. The molecule has 0 aromatic carbocycles. The molecule has 6 heteroatoms. The molecule has 0 aliphatic heterocycles. The minimum atomic E-state index is -3.06. The van der Waals surface area contributed by atoms with Crippen molar-refractivity contribution in [2.75, 3.05) is 12.8 Å². The zero-order valence-corrected chi connectivity index (χ0v) is 11.7. The van der Waals surface area contributed by atoms with E-state index in [0.717, 1.165) is 5.69 Å². The lowest BCUT2D eigenvalue weighted by Crippen LogP contribution is -2.31. The van der Waals surface area contributed by atoms with E-state index >= 15 is 0 Å². The molecule has 1 rings (SSSR count). The number of imidazole rings is 1. The van der Waals surface area contributed by atoms with E-state index < -0.39 is 14.6 Å². The fraction of sp³-hybridized carbons (Fsp3) is 0.727. The van der Waals surface area contributed by atoms with Gasteiger partial charge in [0.05, 0.1) is 22.5 Å². The molecule has 0 spiro atoms. The maximum atomic E-state index is 11.9. The number of rotatable bonds is 5. The molecule has 0 atom stereocenters. The van der Waals surface area contributed by atoms with Crippen LogP contribution in [0.3, 0.4) is 0 Å². The first-order chi connectivity index (χ1) is 7.76. The molecule has 0 aliphatic rings. The molecule has 1 aromatic heterocycles. The van der Waals surface area contributed by atoms with E-state index in [0.29, 0.717) is 13.1 Å². The maximum Gasteiger partial charge on any atom is 0.156 e. The second-order valence-corrected chi connectivity index (χ2v) is 7.93. The number of nitrogens with one attached hydrogen (secondary N) is 1. The smallest absolute Gasteiger partial charge is 0.156 e. The molecule has 0 radical (unpaired) electrons. The van der Waals surface area contributed by atoms with Gasteiger partial charge in [-0.2, -0.15) is 0 Å². The number of sulfone groups is 1. The van der Waals surface area contributed by atoms with Crippen LogP contribution in [0, 0.1) is 0 Å². The van der Waals surface area contributed by atoms with E-state index in [-0.39, 0.29) is 5.75 Å². The van der Waals surface area contributed by atoms with E-state index in [4.69, 9.17) is 0 Å². The number of aryl methyl sites for hydroxylation is 1. The van der Waals surface area contributed by atoms with Crippen molar-refractivity contribution in [2.24, 2.45) is 0 Å². The third-order valence-corrected chi connectivity index (χ3v) is 5.18. The van der Waals surface area contributed by atoms with Gasteiger partial charge >= 0.3 is 0 Å². The highest BCUT2D eigenvalue weighted by atomic mass is 32.2. The van der Waals surface area contributed by atoms with Crippen LogP contribution in [-0.4, -0.2) is 35.5 Å². The predicted molar refractivity (Wildman–Crippen MR) is 68.5 cm³/mol. The summed E-state index contributed by atoms with van der Waals surface area (Å²) in [5.41, 5.74) is 0.917. The van der Waals surface area contributed by atoms with Crippen LogP contribution >= 0.6 is 0 Å². The van der Waals surface area contributed by atoms with Gasteiger partial charge in [-0.1, -0.05) is 0 Å². The first-order valence-corrected chi connectivity index (χ1v) is 7.29. The summed E-state index contributed by atoms with van der Waals surface area (Å²) in [5, 5.41) is 3.00. The van der Waals surface area contributed by atoms with E-state index in [2.05, 4.69) is 10.3 Å². The molecule has 1 aromatic rings. The molecule has 17 heavy (non-hydrogen) atoms. The zero-order valence-electron chi connectivity index (χ0n) is 10.9. The Bertz CT molecular complexity index is 457. The van der Waals surface area contributed by atoms with Gasteiger partial charge < -0.3 is 9.88 Å². The first kappa shape index (κ1) is 14.2. The Balaban J connectivity index is 2.62. The maximum absolute atomic E-state index is 11.9. The topological polar surface area (TPSA) is 64.0 Å². The minimum absolute atomic E-state index is 0.145. The number of hydrogen-bond donors (Lipinski definition) is 1. The second-order valence-electron chi connectivity index (χ2n) is 5.06. The molecular weight excluding hydrogens is 238 g/mol. The van der Waals surface area contributed by atoms with Gasteiger partial charge in [-0.25, -0.2) is 13.4 Å². The van der Waals surface area contributed by atoms with Crippen molar-refractivity contribution in [3.05, 3.63) is 18.2 Å². The summed E-state index contributed by atoms with van der Waals surface area (Å²) in [5.74, 6) is 0.145. The summed E-state index contributed by atoms with van der Waals surface area (Å²) in [6.45, 7) is 6.32. The van der Waals surface area contributed by atoms with Crippen molar-refractivity contribution in [3.8, 4) is 0 Å². The number of aromatic nitrogens is 2. The average molecular weight is 259 g/mol. The van der Waals surface area contributed by atoms with Crippen LogP contribution in [0.2, 0.25) is 0 Å². The van der Waals surface area contributed by atoms with E-state index in [1.54, 1.807) is 27.1 Å². The molecular formula is C11H21N3O2S. The molecule has 0 unspecified atom stereocenters. The van der Waals surface area contributed by atoms with Gasteiger partial charge in [-0.3, -0.25) is 0 Å². The quantitative estimate of drug-likeness (QED) is 0.850. The normalized spacial score (nSPS) is 12.9. The number of hydrogen-bond acceptors (Lipinski definition) is 4. The Morgan fingerprint density at radius 1 is 1.41 bits per heavy atom. The Labute approximate surface area is 103 Å². The molecule has 98 valence electrons. The molecule has 0 amide bonds. The summed E-state index contributed by atoms with van der Waals surface area (Å²) in [6, 6.07) is 0. The highest BCUT2D eigenvalue weighted by Gasteiger charge is 2.28. The monoisotopic (exact) mass is 259 g/mol. The Kier molecular flexibility index (Phi) is 4.32. The van der Waals surface area contributed by atoms with Gasteiger partial charge in [0, 0.05) is 19.3 Å². The van der Waals surface area contributed by atoms with Crippen molar-refractivity contribution >= 4 is 9.84 Å². The van der Waals surface area contributed by atoms with Crippen LogP contribution in [0.1, 0.15) is 26.5 Å². The fourth-order valence-corrected chi connectivity index (χ4v) is 2.40. The van der Waals surface area contributed by atoms with Crippen LogP contribution in [0.25, 0.3) is 0 Å². The van der Waals surface area contributed by atoms with E-state index in [9.17, 15) is 8.42 Å². The van der Waals surface area contributed by atoms with E-state index in [1.165, 1.54) is 0 Å². The minimum Gasteiger partial charge on any atom is -0.336 e. The van der Waals surface area contributed by atoms with Gasteiger partial charge in [0.15, 0.2) is 9.84 Å². The third-order valence-electron chi connectivity index (χ3n) is 2.60. The van der Waals surface area contributed by atoms with Crippen molar-refractivity contribution in [1.29, 1.82) is 0 Å². The molecule has 1 heterocycles. The van der Waals surface area contributed by atoms with Gasteiger partial charge in [-0.05, 0) is 27.8 Å². The van der Waals surface area contributed by atoms with Crippen LogP contribution in [-0.2, 0) is 22.9 Å². The van der Waals surface area contributed by atoms with Crippen LogP contribution in [0.5, 0.6) is 0 Å². The Morgan fingerprint density at radius 2 is 2.06 bits per heavy atom. The SMILES string of the molecule is CNCc1cn(CCS(=O)(=O)C(C)(C)C)cn1. The van der Waals surface area contributed by atoms with E-state index in [1.807, 2.05) is 17.8 Å². The summed E-state index contributed by atoms with van der Waals surface area (Å²) >= 11 is 0.